The lowest BCUT2D eigenvalue weighted by Crippen LogP contribution is -2.56. The summed E-state index contributed by atoms with van der Waals surface area (Å²) >= 11 is 0. The Kier molecular flexibility index (Phi) is 8.39. The third-order valence-electron chi connectivity index (χ3n) is 5.29. The molecule has 1 fully saturated rings. The molecule has 1 aliphatic heterocycles. The summed E-state index contributed by atoms with van der Waals surface area (Å²) in [5.74, 6) is -1.22. The van der Waals surface area contributed by atoms with Crippen LogP contribution < -0.4 is 0 Å². The van der Waals surface area contributed by atoms with E-state index in [9.17, 15) is 4.79 Å². The highest BCUT2D eigenvalue weighted by atomic mass is 16.7. The van der Waals surface area contributed by atoms with Gasteiger partial charge in [0.25, 0.3) is 0 Å². The van der Waals surface area contributed by atoms with Crippen LogP contribution in [0.5, 0.6) is 0 Å². The van der Waals surface area contributed by atoms with E-state index in [0.717, 1.165) is 11.1 Å². The lowest BCUT2D eigenvalue weighted by molar-refractivity contribution is -0.294. The van der Waals surface area contributed by atoms with Crippen LogP contribution in [-0.2, 0) is 37.0 Å². The van der Waals surface area contributed by atoms with Crippen molar-refractivity contribution in [2.45, 2.75) is 58.1 Å². The minimum atomic E-state index is -1.02. The SMILES string of the molecule is CCC1OC(OCC(=O)O)C(C)C(OCc2ccccc2)C1OCc1ccccc1. The molecule has 3 rings (SSSR count). The van der Waals surface area contributed by atoms with Crippen molar-refractivity contribution in [2.24, 2.45) is 5.92 Å². The lowest BCUT2D eigenvalue weighted by Gasteiger charge is -2.45. The second kappa shape index (κ2) is 11.2. The molecule has 5 atom stereocenters. The average molecular weight is 414 g/mol. The largest absolute Gasteiger partial charge is 0.480 e. The zero-order valence-electron chi connectivity index (χ0n) is 17.5. The fourth-order valence-electron chi connectivity index (χ4n) is 3.69. The predicted molar refractivity (Wildman–Crippen MR) is 112 cm³/mol. The number of carboxylic acids is 1. The number of hydrogen-bond acceptors (Lipinski definition) is 5. The maximum atomic E-state index is 11.0. The second-order valence-corrected chi connectivity index (χ2v) is 7.54. The van der Waals surface area contributed by atoms with Crippen molar-refractivity contribution in [2.75, 3.05) is 6.61 Å². The molecule has 1 aliphatic rings. The molecule has 2 aromatic rings. The molecule has 0 spiro atoms. The first-order valence-electron chi connectivity index (χ1n) is 10.4. The molecule has 0 saturated carbocycles. The van der Waals surface area contributed by atoms with E-state index in [2.05, 4.69) is 0 Å². The smallest absolute Gasteiger partial charge is 0.329 e. The summed E-state index contributed by atoms with van der Waals surface area (Å²) in [6.07, 6.45) is -0.817. The highest BCUT2D eigenvalue weighted by Gasteiger charge is 2.45. The number of carbonyl (C=O) groups is 1. The molecule has 0 aliphatic carbocycles. The third-order valence-corrected chi connectivity index (χ3v) is 5.29. The van der Waals surface area contributed by atoms with Gasteiger partial charge in [-0.1, -0.05) is 74.5 Å². The standard InChI is InChI=1S/C24H30O6/c1-3-20-23(28-15-19-12-8-5-9-13-19)22(27-14-18-10-6-4-7-11-18)17(2)24(30-20)29-16-21(25)26/h4-13,17,20,22-24H,3,14-16H2,1-2H3,(H,25,26). The Morgan fingerprint density at radius 3 is 1.93 bits per heavy atom. The normalized spacial score (nSPS) is 26.4. The van der Waals surface area contributed by atoms with E-state index in [1.54, 1.807) is 0 Å². The van der Waals surface area contributed by atoms with Crippen LogP contribution >= 0.6 is 0 Å². The van der Waals surface area contributed by atoms with Gasteiger partial charge in [0.1, 0.15) is 12.7 Å². The van der Waals surface area contributed by atoms with Gasteiger partial charge < -0.3 is 24.1 Å². The van der Waals surface area contributed by atoms with E-state index < -0.39 is 18.9 Å². The number of rotatable bonds is 10. The summed E-state index contributed by atoms with van der Waals surface area (Å²) in [6, 6.07) is 19.9. The van der Waals surface area contributed by atoms with Crippen molar-refractivity contribution in [3.8, 4) is 0 Å². The van der Waals surface area contributed by atoms with Crippen LogP contribution in [-0.4, -0.2) is 42.3 Å². The molecule has 0 bridgehead atoms. The zero-order valence-corrected chi connectivity index (χ0v) is 17.5. The van der Waals surface area contributed by atoms with Gasteiger partial charge in [0, 0.05) is 5.92 Å². The molecule has 5 unspecified atom stereocenters. The Labute approximate surface area is 177 Å². The molecule has 1 N–H and O–H groups in total. The molecule has 30 heavy (non-hydrogen) atoms. The van der Waals surface area contributed by atoms with E-state index >= 15 is 0 Å². The minimum absolute atomic E-state index is 0.198. The van der Waals surface area contributed by atoms with Crippen LogP contribution in [0.15, 0.2) is 60.7 Å². The predicted octanol–water partition coefficient (Wildman–Crippen LogP) is 4.03. The monoisotopic (exact) mass is 414 g/mol. The van der Waals surface area contributed by atoms with Gasteiger partial charge in [-0.3, -0.25) is 0 Å². The number of hydrogen-bond donors (Lipinski definition) is 1. The quantitative estimate of drug-likeness (QED) is 0.633. The number of benzene rings is 2. The molecular formula is C24H30O6. The fraction of sp³-hybridized carbons (Fsp3) is 0.458. The van der Waals surface area contributed by atoms with Crippen molar-refractivity contribution in [1.29, 1.82) is 0 Å². The van der Waals surface area contributed by atoms with Gasteiger partial charge >= 0.3 is 5.97 Å². The third kappa shape index (κ3) is 6.12. The summed E-state index contributed by atoms with van der Waals surface area (Å²) < 4.78 is 24.2. The fourth-order valence-corrected chi connectivity index (χ4v) is 3.69. The average Bonchev–Trinajstić information content (AvgIpc) is 2.77. The van der Waals surface area contributed by atoms with Gasteiger partial charge in [-0.05, 0) is 17.5 Å². The molecule has 162 valence electrons. The van der Waals surface area contributed by atoms with Crippen molar-refractivity contribution < 1.29 is 28.8 Å². The minimum Gasteiger partial charge on any atom is -0.480 e. The van der Waals surface area contributed by atoms with Crippen molar-refractivity contribution in [3.63, 3.8) is 0 Å². The molecule has 6 heteroatoms. The van der Waals surface area contributed by atoms with E-state index in [1.807, 2.05) is 74.5 Å². The Balaban J connectivity index is 1.75. The van der Waals surface area contributed by atoms with Crippen molar-refractivity contribution >= 4 is 5.97 Å². The lowest BCUT2D eigenvalue weighted by atomic mass is 9.90. The van der Waals surface area contributed by atoms with Gasteiger partial charge in [-0.2, -0.15) is 0 Å². The second-order valence-electron chi connectivity index (χ2n) is 7.54. The first-order valence-corrected chi connectivity index (χ1v) is 10.4. The Hall–Kier alpha value is -2.25. The van der Waals surface area contributed by atoms with Gasteiger partial charge in [0.05, 0.1) is 25.4 Å². The number of ether oxygens (including phenoxy) is 4. The summed E-state index contributed by atoms with van der Waals surface area (Å²) in [4.78, 5) is 11.0. The van der Waals surface area contributed by atoms with Gasteiger partial charge in [-0.15, -0.1) is 0 Å². The summed E-state index contributed by atoms with van der Waals surface area (Å²) in [7, 11) is 0. The van der Waals surface area contributed by atoms with Crippen molar-refractivity contribution in [1.82, 2.24) is 0 Å². The van der Waals surface area contributed by atoms with Crippen molar-refractivity contribution in [3.05, 3.63) is 71.8 Å². The Morgan fingerprint density at radius 2 is 1.43 bits per heavy atom. The molecule has 1 heterocycles. The summed E-state index contributed by atoms with van der Waals surface area (Å²) in [5.41, 5.74) is 2.14. The zero-order chi connectivity index (χ0) is 21.3. The van der Waals surface area contributed by atoms with Crippen LogP contribution in [0.25, 0.3) is 0 Å². The van der Waals surface area contributed by atoms with E-state index in [4.69, 9.17) is 24.1 Å². The molecule has 2 aromatic carbocycles. The van der Waals surface area contributed by atoms with Crippen LogP contribution in [0.3, 0.4) is 0 Å². The maximum Gasteiger partial charge on any atom is 0.329 e. The first-order chi connectivity index (χ1) is 14.6. The molecule has 6 nitrogen and oxygen atoms in total. The topological polar surface area (TPSA) is 74.2 Å². The Bertz CT molecular complexity index is 766. The summed E-state index contributed by atoms with van der Waals surface area (Å²) in [6.45, 7) is 4.44. The molecular weight excluding hydrogens is 384 g/mol. The van der Waals surface area contributed by atoms with E-state index in [-0.39, 0.29) is 24.2 Å². The first kappa shape index (κ1) is 22.4. The van der Waals surface area contributed by atoms with Gasteiger partial charge in [0.2, 0.25) is 0 Å². The van der Waals surface area contributed by atoms with Gasteiger partial charge in [-0.25, -0.2) is 4.79 Å². The van der Waals surface area contributed by atoms with Crippen LogP contribution in [0.2, 0.25) is 0 Å². The maximum absolute atomic E-state index is 11.0. The van der Waals surface area contributed by atoms with E-state index in [0.29, 0.717) is 19.6 Å². The molecule has 0 aromatic heterocycles. The highest BCUT2D eigenvalue weighted by Crippen LogP contribution is 2.33. The Morgan fingerprint density at radius 1 is 0.900 bits per heavy atom. The van der Waals surface area contributed by atoms with Crippen LogP contribution in [0.1, 0.15) is 31.4 Å². The number of aliphatic carboxylic acids is 1. The van der Waals surface area contributed by atoms with Crippen LogP contribution in [0.4, 0.5) is 0 Å². The molecule has 0 amide bonds. The highest BCUT2D eigenvalue weighted by molar-refractivity contribution is 5.68. The molecule has 1 saturated heterocycles. The van der Waals surface area contributed by atoms with Crippen LogP contribution in [0, 0.1) is 5.92 Å². The van der Waals surface area contributed by atoms with E-state index in [1.165, 1.54) is 0 Å². The summed E-state index contributed by atoms with van der Waals surface area (Å²) in [5, 5.41) is 9.00. The molecule has 0 radical (unpaired) electrons. The van der Waals surface area contributed by atoms with Gasteiger partial charge in [0.15, 0.2) is 6.29 Å². The number of carboxylic acid groups (broad SMARTS) is 1.